The number of hydrogen-bond donors (Lipinski definition) is 2. The summed E-state index contributed by atoms with van der Waals surface area (Å²) in [5.74, 6) is -1.38. The van der Waals surface area contributed by atoms with Gasteiger partial charge in [-0.15, -0.1) is 0 Å². The van der Waals surface area contributed by atoms with Crippen molar-refractivity contribution < 1.29 is 14.0 Å². The van der Waals surface area contributed by atoms with Crippen molar-refractivity contribution in [3.63, 3.8) is 0 Å². The van der Waals surface area contributed by atoms with E-state index in [1.807, 2.05) is 30.3 Å². The molecule has 2 atom stereocenters. The van der Waals surface area contributed by atoms with Gasteiger partial charge in [0.05, 0.1) is 18.2 Å². The van der Waals surface area contributed by atoms with Gasteiger partial charge in [0.1, 0.15) is 11.5 Å². The molecular formula is C19H21FN4O2. The van der Waals surface area contributed by atoms with Crippen LogP contribution < -0.4 is 10.6 Å². The average molecular weight is 356 g/mol. The van der Waals surface area contributed by atoms with E-state index >= 15 is 0 Å². The first-order valence-electron chi connectivity index (χ1n) is 8.47. The predicted octanol–water partition coefficient (Wildman–Crippen LogP) is 1.20. The molecule has 0 aliphatic carbocycles. The molecule has 2 N–H and O–H groups in total. The van der Waals surface area contributed by atoms with Crippen LogP contribution >= 0.6 is 0 Å². The Morgan fingerprint density at radius 2 is 1.96 bits per heavy atom. The fraction of sp³-hybridized carbons (Fsp3) is 0.316. The molecule has 0 unspecified atom stereocenters. The summed E-state index contributed by atoms with van der Waals surface area (Å²) >= 11 is 0. The summed E-state index contributed by atoms with van der Waals surface area (Å²) in [5.41, 5.74) is 1.28. The number of carbonyl (C=O) groups is 2. The minimum atomic E-state index is -0.500. The molecule has 1 aromatic heterocycles. The average Bonchev–Trinajstić information content (AvgIpc) is 3.04. The van der Waals surface area contributed by atoms with Gasteiger partial charge in [0.2, 0.25) is 5.91 Å². The lowest BCUT2D eigenvalue weighted by Crippen LogP contribution is -2.45. The second-order valence-corrected chi connectivity index (χ2v) is 6.34. The number of nitrogens with zero attached hydrogens (tertiary/aromatic N) is 2. The molecule has 2 amide bonds. The van der Waals surface area contributed by atoms with Gasteiger partial charge in [-0.25, -0.2) is 9.37 Å². The summed E-state index contributed by atoms with van der Waals surface area (Å²) in [6.45, 7) is 1.81. The maximum absolute atomic E-state index is 13.0. The van der Waals surface area contributed by atoms with E-state index in [1.54, 1.807) is 7.05 Å². The first-order valence-corrected chi connectivity index (χ1v) is 8.47. The van der Waals surface area contributed by atoms with Crippen molar-refractivity contribution in [1.82, 2.24) is 20.5 Å². The van der Waals surface area contributed by atoms with Gasteiger partial charge >= 0.3 is 0 Å². The Kier molecular flexibility index (Phi) is 5.58. The molecular weight excluding hydrogens is 335 g/mol. The number of nitrogens with one attached hydrogen (secondary N) is 2. The number of benzene rings is 1. The summed E-state index contributed by atoms with van der Waals surface area (Å²) in [6.07, 6.45) is 1.00. The van der Waals surface area contributed by atoms with E-state index in [4.69, 9.17) is 0 Å². The highest BCUT2D eigenvalue weighted by Gasteiger charge is 2.38. The van der Waals surface area contributed by atoms with Crippen LogP contribution in [0.1, 0.15) is 16.1 Å². The third kappa shape index (κ3) is 4.23. The van der Waals surface area contributed by atoms with Crippen molar-refractivity contribution in [3.8, 4) is 0 Å². The molecule has 1 aliphatic heterocycles. The van der Waals surface area contributed by atoms with Crippen LogP contribution in [0.25, 0.3) is 0 Å². The molecule has 2 aromatic rings. The minimum Gasteiger partial charge on any atom is -0.359 e. The Bertz CT molecular complexity index is 767. The summed E-state index contributed by atoms with van der Waals surface area (Å²) in [7, 11) is 1.59. The predicted molar refractivity (Wildman–Crippen MR) is 94.7 cm³/mol. The quantitative estimate of drug-likeness (QED) is 0.844. The number of likely N-dealkylation sites (tertiary alicyclic amines) is 1. The normalized spacial score (nSPS) is 19.9. The third-order valence-electron chi connectivity index (χ3n) is 4.50. The summed E-state index contributed by atoms with van der Waals surface area (Å²) < 4.78 is 13.0. The number of pyridine rings is 1. The molecule has 3 rings (SSSR count). The Morgan fingerprint density at radius 1 is 1.19 bits per heavy atom. The lowest BCUT2D eigenvalue weighted by Gasteiger charge is -2.18. The standard InChI is InChI=1S/C19H21FN4O2/c1-21-18(25)15-11-24(10-13-5-3-2-4-6-13)12-17(15)23-19(26)16-8-7-14(20)9-22-16/h2-9,15,17H,10-12H2,1H3,(H,21,25)(H,23,26)/t15-,17-/m0/s1. The van der Waals surface area contributed by atoms with Gasteiger partial charge in [-0.2, -0.15) is 0 Å². The van der Waals surface area contributed by atoms with E-state index in [2.05, 4.69) is 20.5 Å². The monoisotopic (exact) mass is 356 g/mol. The van der Waals surface area contributed by atoms with E-state index in [-0.39, 0.29) is 23.6 Å². The van der Waals surface area contributed by atoms with Crippen LogP contribution in [0, 0.1) is 11.7 Å². The first-order chi connectivity index (χ1) is 12.6. The van der Waals surface area contributed by atoms with Crippen LogP contribution in [0.5, 0.6) is 0 Å². The maximum atomic E-state index is 13.0. The summed E-state index contributed by atoms with van der Waals surface area (Å²) in [4.78, 5) is 30.6. The number of rotatable bonds is 5. The Hall–Kier alpha value is -2.80. The van der Waals surface area contributed by atoms with Crippen LogP contribution in [0.15, 0.2) is 48.7 Å². The molecule has 7 heteroatoms. The van der Waals surface area contributed by atoms with Crippen molar-refractivity contribution in [2.75, 3.05) is 20.1 Å². The molecule has 1 aromatic carbocycles. The number of halogens is 1. The molecule has 1 aliphatic rings. The fourth-order valence-electron chi connectivity index (χ4n) is 3.21. The molecule has 136 valence electrons. The lowest BCUT2D eigenvalue weighted by molar-refractivity contribution is -0.124. The van der Waals surface area contributed by atoms with Gasteiger partial charge < -0.3 is 10.6 Å². The van der Waals surface area contributed by atoms with Crippen molar-refractivity contribution >= 4 is 11.8 Å². The largest absolute Gasteiger partial charge is 0.359 e. The number of carbonyl (C=O) groups excluding carboxylic acids is 2. The molecule has 0 radical (unpaired) electrons. The van der Waals surface area contributed by atoms with Crippen LogP contribution in [0.4, 0.5) is 4.39 Å². The number of hydrogen-bond acceptors (Lipinski definition) is 4. The van der Waals surface area contributed by atoms with Crippen molar-refractivity contribution in [1.29, 1.82) is 0 Å². The van der Waals surface area contributed by atoms with Crippen LogP contribution in [-0.4, -0.2) is 47.9 Å². The van der Waals surface area contributed by atoms with E-state index < -0.39 is 11.7 Å². The maximum Gasteiger partial charge on any atom is 0.270 e. The second kappa shape index (κ2) is 8.05. The smallest absolute Gasteiger partial charge is 0.270 e. The fourth-order valence-corrected chi connectivity index (χ4v) is 3.21. The van der Waals surface area contributed by atoms with E-state index in [9.17, 15) is 14.0 Å². The molecule has 1 fully saturated rings. The molecule has 0 bridgehead atoms. The van der Waals surface area contributed by atoms with Crippen molar-refractivity contribution in [2.45, 2.75) is 12.6 Å². The minimum absolute atomic E-state index is 0.113. The second-order valence-electron chi connectivity index (χ2n) is 6.34. The van der Waals surface area contributed by atoms with Crippen LogP contribution in [0.2, 0.25) is 0 Å². The van der Waals surface area contributed by atoms with Crippen LogP contribution in [0.3, 0.4) is 0 Å². The zero-order valence-electron chi connectivity index (χ0n) is 14.5. The highest BCUT2D eigenvalue weighted by atomic mass is 19.1. The molecule has 26 heavy (non-hydrogen) atoms. The third-order valence-corrected chi connectivity index (χ3v) is 4.50. The van der Waals surface area contributed by atoms with Gasteiger partial charge in [-0.3, -0.25) is 14.5 Å². The summed E-state index contributed by atoms with van der Waals surface area (Å²) in [5, 5.41) is 5.53. The van der Waals surface area contributed by atoms with E-state index in [0.29, 0.717) is 19.6 Å². The summed E-state index contributed by atoms with van der Waals surface area (Å²) in [6, 6.07) is 12.1. The number of amides is 2. The van der Waals surface area contributed by atoms with Crippen LogP contribution in [-0.2, 0) is 11.3 Å². The Balaban J connectivity index is 1.69. The van der Waals surface area contributed by atoms with E-state index in [1.165, 1.54) is 12.1 Å². The van der Waals surface area contributed by atoms with Gasteiger partial charge in [0.25, 0.3) is 5.91 Å². The highest BCUT2D eigenvalue weighted by molar-refractivity contribution is 5.93. The molecule has 0 spiro atoms. The Morgan fingerprint density at radius 3 is 2.62 bits per heavy atom. The zero-order valence-corrected chi connectivity index (χ0v) is 14.5. The Labute approximate surface area is 151 Å². The molecule has 2 heterocycles. The number of aromatic nitrogens is 1. The topological polar surface area (TPSA) is 74.3 Å². The lowest BCUT2D eigenvalue weighted by atomic mass is 10.0. The zero-order chi connectivity index (χ0) is 18.5. The van der Waals surface area contributed by atoms with Gasteiger partial charge in [-0.1, -0.05) is 30.3 Å². The van der Waals surface area contributed by atoms with Gasteiger partial charge in [-0.05, 0) is 17.7 Å². The van der Waals surface area contributed by atoms with Gasteiger partial charge in [0, 0.05) is 26.7 Å². The van der Waals surface area contributed by atoms with Crippen molar-refractivity contribution in [2.24, 2.45) is 5.92 Å². The first kappa shape index (κ1) is 18.0. The SMILES string of the molecule is CNC(=O)[C@H]1CN(Cc2ccccc2)C[C@@H]1NC(=O)c1ccc(F)cn1. The van der Waals surface area contributed by atoms with Gasteiger partial charge in [0.15, 0.2) is 0 Å². The molecule has 6 nitrogen and oxygen atoms in total. The highest BCUT2D eigenvalue weighted by Crippen LogP contribution is 2.20. The van der Waals surface area contributed by atoms with Crippen molar-refractivity contribution in [3.05, 3.63) is 65.7 Å². The molecule has 0 saturated carbocycles. The van der Waals surface area contributed by atoms with E-state index in [0.717, 1.165) is 11.8 Å². The molecule has 1 saturated heterocycles.